The number of carboxylic acid groups (broad SMARTS) is 1. The molecule has 0 fully saturated rings. The van der Waals surface area contributed by atoms with Crippen LogP contribution in [0.3, 0.4) is 0 Å². The SMILES string of the molecule is CCN(/N=C/c1cc2ccccc2n1C)C(=O)O. The fourth-order valence-corrected chi connectivity index (χ4v) is 1.83. The Morgan fingerprint density at radius 2 is 2.22 bits per heavy atom. The van der Waals surface area contributed by atoms with Gasteiger partial charge in [-0.05, 0) is 19.1 Å². The zero-order chi connectivity index (χ0) is 13.1. The number of rotatable bonds is 3. The number of hydrazone groups is 1. The summed E-state index contributed by atoms with van der Waals surface area (Å²) in [6.45, 7) is 2.07. The van der Waals surface area contributed by atoms with Crippen molar-refractivity contribution in [3.63, 3.8) is 0 Å². The molecule has 1 aromatic carbocycles. The number of hydrogen-bond acceptors (Lipinski definition) is 2. The van der Waals surface area contributed by atoms with E-state index in [0.717, 1.165) is 21.6 Å². The topological polar surface area (TPSA) is 57.8 Å². The predicted molar refractivity (Wildman–Crippen MR) is 70.9 cm³/mol. The molecule has 0 bridgehead atoms. The van der Waals surface area contributed by atoms with Crippen molar-refractivity contribution < 1.29 is 9.90 Å². The molecule has 0 saturated carbocycles. The average molecular weight is 245 g/mol. The molecule has 0 aliphatic heterocycles. The van der Waals surface area contributed by atoms with Crippen LogP contribution in [-0.2, 0) is 7.05 Å². The number of carbonyl (C=O) groups is 1. The highest BCUT2D eigenvalue weighted by atomic mass is 16.4. The van der Waals surface area contributed by atoms with Gasteiger partial charge in [0, 0.05) is 24.5 Å². The number of aromatic nitrogens is 1. The van der Waals surface area contributed by atoms with E-state index in [2.05, 4.69) is 5.10 Å². The van der Waals surface area contributed by atoms with E-state index in [1.807, 2.05) is 41.9 Å². The lowest BCUT2D eigenvalue weighted by Gasteiger charge is -2.09. The Kier molecular flexibility index (Phi) is 3.32. The molecule has 94 valence electrons. The van der Waals surface area contributed by atoms with E-state index in [-0.39, 0.29) is 0 Å². The molecule has 5 heteroatoms. The van der Waals surface area contributed by atoms with Gasteiger partial charge in [0.25, 0.3) is 0 Å². The van der Waals surface area contributed by atoms with E-state index in [1.165, 1.54) is 0 Å². The number of para-hydroxylation sites is 1. The molecule has 2 rings (SSSR count). The van der Waals surface area contributed by atoms with Gasteiger partial charge in [-0.15, -0.1) is 0 Å². The molecule has 0 spiro atoms. The number of amides is 1. The Bertz CT molecular complexity index is 601. The number of aryl methyl sites for hydroxylation is 1. The van der Waals surface area contributed by atoms with Crippen LogP contribution in [0.15, 0.2) is 35.4 Å². The molecule has 1 aromatic heterocycles. The van der Waals surface area contributed by atoms with Gasteiger partial charge in [0.05, 0.1) is 11.9 Å². The van der Waals surface area contributed by atoms with Crippen LogP contribution in [-0.4, -0.2) is 33.5 Å². The standard InChI is InChI=1S/C13H15N3O2/c1-3-16(13(17)18)14-9-11-8-10-6-4-5-7-12(10)15(11)2/h4-9H,3H2,1-2H3,(H,17,18)/b14-9+. The minimum Gasteiger partial charge on any atom is -0.464 e. The molecule has 18 heavy (non-hydrogen) atoms. The first-order chi connectivity index (χ1) is 8.63. The summed E-state index contributed by atoms with van der Waals surface area (Å²) < 4.78 is 1.98. The fourth-order valence-electron chi connectivity index (χ4n) is 1.83. The zero-order valence-corrected chi connectivity index (χ0v) is 10.4. The van der Waals surface area contributed by atoms with Gasteiger partial charge in [-0.1, -0.05) is 18.2 Å². The van der Waals surface area contributed by atoms with Crippen LogP contribution in [0.2, 0.25) is 0 Å². The van der Waals surface area contributed by atoms with Crippen molar-refractivity contribution >= 4 is 23.2 Å². The first kappa shape index (κ1) is 12.2. The zero-order valence-electron chi connectivity index (χ0n) is 10.4. The van der Waals surface area contributed by atoms with Crippen molar-refractivity contribution in [3.05, 3.63) is 36.0 Å². The molecule has 5 nitrogen and oxygen atoms in total. The number of benzene rings is 1. The molecule has 1 heterocycles. The van der Waals surface area contributed by atoms with E-state index in [1.54, 1.807) is 13.1 Å². The highest BCUT2D eigenvalue weighted by Crippen LogP contribution is 2.16. The summed E-state index contributed by atoms with van der Waals surface area (Å²) in [5.74, 6) is 0. The van der Waals surface area contributed by atoms with Crippen LogP contribution in [0.4, 0.5) is 4.79 Å². The van der Waals surface area contributed by atoms with Gasteiger partial charge >= 0.3 is 6.09 Å². The summed E-state index contributed by atoms with van der Waals surface area (Å²) in [4.78, 5) is 10.8. The van der Waals surface area contributed by atoms with Gasteiger partial charge < -0.3 is 9.67 Å². The van der Waals surface area contributed by atoms with Crippen molar-refractivity contribution in [2.24, 2.45) is 12.1 Å². The lowest BCUT2D eigenvalue weighted by Crippen LogP contribution is -2.23. The normalized spacial score (nSPS) is 11.2. The van der Waals surface area contributed by atoms with E-state index in [0.29, 0.717) is 6.54 Å². The van der Waals surface area contributed by atoms with Crippen molar-refractivity contribution in [3.8, 4) is 0 Å². The van der Waals surface area contributed by atoms with Crippen molar-refractivity contribution in [1.82, 2.24) is 9.58 Å². The Hall–Kier alpha value is -2.30. The number of hydrogen-bond donors (Lipinski definition) is 1. The summed E-state index contributed by atoms with van der Waals surface area (Å²) in [6.07, 6.45) is 0.518. The van der Waals surface area contributed by atoms with Crippen LogP contribution < -0.4 is 0 Å². The monoisotopic (exact) mass is 245 g/mol. The first-order valence-corrected chi connectivity index (χ1v) is 5.72. The Labute approximate surface area is 105 Å². The quantitative estimate of drug-likeness (QED) is 0.667. The fraction of sp³-hybridized carbons (Fsp3) is 0.231. The van der Waals surface area contributed by atoms with E-state index >= 15 is 0 Å². The molecule has 0 aliphatic rings. The summed E-state index contributed by atoms with van der Waals surface area (Å²) in [6, 6.07) is 9.95. The van der Waals surface area contributed by atoms with E-state index in [9.17, 15) is 4.79 Å². The second kappa shape index (κ2) is 4.91. The summed E-state index contributed by atoms with van der Waals surface area (Å²) in [5, 5.41) is 14.9. The van der Waals surface area contributed by atoms with Crippen LogP contribution in [0, 0.1) is 0 Å². The van der Waals surface area contributed by atoms with E-state index in [4.69, 9.17) is 5.11 Å². The maximum Gasteiger partial charge on any atom is 0.427 e. The van der Waals surface area contributed by atoms with Gasteiger partial charge in [-0.2, -0.15) is 10.1 Å². The second-order valence-electron chi connectivity index (χ2n) is 3.93. The average Bonchev–Trinajstić information content (AvgIpc) is 2.67. The largest absolute Gasteiger partial charge is 0.464 e. The molecule has 0 atom stereocenters. The minimum atomic E-state index is -1.05. The Morgan fingerprint density at radius 1 is 1.50 bits per heavy atom. The van der Waals surface area contributed by atoms with Crippen LogP contribution in [0.25, 0.3) is 10.9 Å². The van der Waals surface area contributed by atoms with Crippen LogP contribution in [0.5, 0.6) is 0 Å². The maximum atomic E-state index is 10.8. The molecule has 1 N–H and O–H groups in total. The predicted octanol–water partition coefficient (Wildman–Crippen LogP) is 2.51. The summed E-state index contributed by atoms with van der Waals surface area (Å²) >= 11 is 0. The van der Waals surface area contributed by atoms with Crippen molar-refractivity contribution in [2.45, 2.75) is 6.92 Å². The number of nitrogens with zero attached hydrogens (tertiary/aromatic N) is 3. The van der Waals surface area contributed by atoms with Gasteiger partial charge in [-0.3, -0.25) is 0 Å². The molecule has 0 radical (unpaired) electrons. The molecule has 0 unspecified atom stereocenters. The first-order valence-electron chi connectivity index (χ1n) is 5.72. The van der Waals surface area contributed by atoms with E-state index < -0.39 is 6.09 Å². The lowest BCUT2D eigenvalue weighted by molar-refractivity contribution is 0.150. The molecular formula is C13H15N3O2. The molecule has 2 aromatic rings. The molecule has 0 aliphatic carbocycles. The van der Waals surface area contributed by atoms with Crippen LogP contribution >= 0.6 is 0 Å². The van der Waals surface area contributed by atoms with Gasteiger partial charge in [0.2, 0.25) is 0 Å². The maximum absolute atomic E-state index is 10.8. The van der Waals surface area contributed by atoms with Crippen molar-refractivity contribution in [2.75, 3.05) is 6.54 Å². The summed E-state index contributed by atoms with van der Waals surface area (Å²) in [5.41, 5.74) is 1.97. The lowest BCUT2D eigenvalue weighted by atomic mass is 10.2. The minimum absolute atomic E-state index is 0.329. The number of fused-ring (bicyclic) bond motifs is 1. The molecule has 1 amide bonds. The van der Waals surface area contributed by atoms with Crippen LogP contribution in [0.1, 0.15) is 12.6 Å². The van der Waals surface area contributed by atoms with Crippen molar-refractivity contribution in [1.29, 1.82) is 0 Å². The molecule has 0 saturated heterocycles. The smallest absolute Gasteiger partial charge is 0.427 e. The Morgan fingerprint density at radius 3 is 2.83 bits per heavy atom. The van der Waals surface area contributed by atoms with Gasteiger partial charge in [0.1, 0.15) is 0 Å². The third-order valence-electron chi connectivity index (χ3n) is 2.84. The highest BCUT2D eigenvalue weighted by molar-refractivity contribution is 5.90. The third-order valence-corrected chi connectivity index (χ3v) is 2.84. The van der Waals surface area contributed by atoms with Gasteiger partial charge in [-0.25, -0.2) is 4.79 Å². The highest BCUT2D eigenvalue weighted by Gasteiger charge is 2.07. The third kappa shape index (κ3) is 2.20. The molecular weight excluding hydrogens is 230 g/mol. The Balaban J connectivity index is 2.34. The van der Waals surface area contributed by atoms with Gasteiger partial charge in [0.15, 0.2) is 0 Å². The summed E-state index contributed by atoms with van der Waals surface area (Å²) in [7, 11) is 1.93. The second-order valence-corrected chi connectivity index (χ2v) is 3.93.